The summed E-state index contributed by atoms with van der Waals surface area (Å²) in [5, 5.41) is 5.99. The summed E-state index contributed by atoms with van der Waals surface area (Å²) in [5.41, 5.74) is 8.71. The topological polar surface area (TPSA) is 44.7 Å². The Labute approximate surface area is 200 Å². The minimum atomic E-state index is 0.884. The first-order chi connectivity index (χ1) is 17.4. The molecule has 3 heterocycles. The lowest BCUT2D eigenvalue weighted by molar-refractivity contribution is 0.633. The van der Waals surface area contributed by atoms with E-state index in [0.29, 0.717) is 0 Å². The number of rotatable bonds is 2. The highest BCUT2D eigenvalue weighted by Gasteiger charge is 2.22. The van der Waals surface area contributed by atoms with Gasteiger partial charge in [-0.15, -0.1) is 0 Å². The fourth-order valence-corrected chi connectivity index (χ4v) is 5.65. The zero-order valence-corrected chi connectivity index (χ0v) is 18.8. The second-order valence-electron chi connectivity index (χ2n) is 9.10. The Kier molecular flexibility index (Phi) is 3.66. The predicted octanol–water partition coefficient (Wildman–Crippen LogP) is 9.04. The summed E-state index contributed by atoms with van der Waals surface area (Å²) < 4.78 is 6.63. The van der Waals surface area contributed by atoms with E-state index in [-0.39, 0.29) is 0 Å². The summed E-state index contributed by atoms with van der Waals surface area (Å²) in [6, 6.07) is 38.3. The molecule has 0 saturated carbocycles. The molecule has 0 aliphatic heterocycles. The average Bonchev–Trinajstić information content (AvgIpc) is 3.59. The van der Waals surface area contributed by atoms with Gasteiger partial charge in [-0.05, 0) is 24.3 Å². The fourth-order valence-electron chi connectivity index (χ4n) is 5.65. The second-order valence-corrected chi connectivity index (χ2v) is 9.10. The van der Waals surface area contributed by atoms with E-state index < -0.39 is 0 Å². The monoisotopic (exact) mass is 448 g/mol. The van der Waals surface area contributed by atoms with Crippen LogP contribution in [0.1, 0.15) is 0 Å². The SMILES string of the molecule is c1ccc2c(c1)[nH]c1c(-c3oc4ccccc4c3-c3cccc4c3[nH]c3ccccc34)cccc12. The molecule has 0 bridgehead atoms. The summed E-state index contributed by atoms with van der Waals surface area (Å²) in [7, 11) is 0. The first-order valence-corrected chi connectivity index (χ1v) is 11.9. The quantitative estimate of drug-likeness (QED) is 0.272. The molecule has 3 heteroatoms. The maximum absolute atomic E-state index is 6.63. The third-order valence-corrected chi connectivity index (χ3v) is 7.19. The highest BCUT2D eigenvalue weighted by atomic mass is 16.3. The van der Waals surface area contributed by atoms with Crippen LogP contribution in [0.5, 0.6) is 0 Å². The van der Waals surface area contributed by atoms with E-state index in [1.807, 2.05) is 6.07 Å². The van der Waals surface area contributed by atoms with Gasteiger partial charge in [0, 0.05) is 54.7 Å². The smallest absolute Gasteiger partial charge is 0.145 e. The van der Waals surface area contributed by atoms with Gasteiger partial charge in [-0.2, -0.15) is 0 Å². The van der Waals surface area contributed by atoms with Crippen molar-refractivity contribution in [1.82, 2.24) is 9.97 Å². The van der Waals surface area contributed by atoms with Crippen molar-refractivity contribution in [2.75, 3.05) is 0 Å². The van der Waals surface area contributed by atoms with Crippen LogP contribution < -0.4 is 0 Å². The van der Waals surface area contributed by atoms with Crippen molar-refractivity contribution in [2.24, 2.45) is 0 Å². The molecule has 0 amide bonds. The molecule has 0 spiro atoms. The average molecular weight is 449 g/mol. The largest absolute Gasteiger partial charge is 0.455 e. The number of aromatic nitrogens is 2. The summed E-state index contributed by atoms with van der Waals surface area (Å²) in [6.07, 6.45) is 0. The zero-order valence-electron chi connectivity index (χ0n) is 18.8. The van der Waals surface area contributed by atoms with Gasteiger partial charge in [0.15, 0.2) is 0 Å². The molecule has 3 aromatic heterocycles. The molecule has 0 unspecified atom stereocenters. The number of H-pyrrole nitrogens is 2. The van der Waals surface area contributed by atoms with E-state index in [4.69, 9.17) is 4.42 Å². The van der Waals surface area contributed by atoms with Crippen molar-refractivity contribution < 1.29 is 4.42 Å². The summed E-state index contributed by atoms with van der Waals surface area (Å²) in [5.74, 6) is 0.884. The highest BCUT2D eigenvalue weighted by Crippen LogP contribution is 2.46. The Bertz CT molecular complexity index is 2070. The lowest BCUT2D eigenvalue weighted by Gasteiger charge is -2.07. The molecule has 8 rings (SSSR count). The van der Waals surface area contributed by atoms with Gasteiger partial charge in [0.05, 0.1) is 11.0 Å². The fraction of sp³-hybridized carbons (Fsp3) is 0. The highest BCUT2D eigenvalue weighted by molar-refractivity contribution is 6.18. The molecule has 0 atom stereocenters. The zero-order chi connectivity index (χ0) is 22.9. The minimum absolute atomic E-state index is 0.884. The normalized spacial score (nSPS) is 12.0. The molecular formula is C32H20N2O. The van der Waals surface area contributed by atoms with Gasteiger partial charge < -0.3 is 14.4 Å². The molecule has 8 aromatic rings. The van der Waals surface area contributed by atoms with Crippen LogP contribution in [-0.2, 0) is 0 Å². The molecule has 2 N–H and O–H groups in total. The lowest BCUT2D eigenvalue weighted by atomic mass is 9.95. The molecule has 0 aliphatic rings. The van der Waals surface area contributed by atoms with Crippen LogP contribution in [0, 0.1) is 0 Å². The van der Waals surface area contributed by atoms with Gasteiger partial charge in [0.2, 0.25) is 0 Å². The number of fused-ring (bicyclic) bond motifs is 7. The maximum atomic E-state index is 6.63. The molecule has 0 saturated heterocycles. The van der Waals surface area contributed by atoms with Gasteiger partial charge in [-0.1, -0.05) is 84.9 Å². The molecule has 0 fully saturated rings. The van der Waals surface area contributed by atoms with Gasteiger partial charge in [-0.25, -0.2) is 0 Å². The van der Waals surface area contributed by atoms with E-state index in [0.717, 1.165) is 55.5 Å². The van der Waals surface area contributed by atoms with Crippen LogP contribution in [0.15, 0.2) is 114 Å². The number of hydrogen-bond acceptors (Lipinski definition) is 1. The van der Waals surface area contributed by atoms with Gasteiger partial charge in [0.1, 0.15) is 11.3 Å². The summed E-state index contributed by atoms with van der Waals surface area (Å²) >= 11 is 0. The number of para-hydroxylation sites is 5. The maximum Gasteiger partial charge on any atom is 0.145 e. The Morgan fingerprint density at radius 1 is 0.429 bits per heavy atom. The Balaban J connectivity index is 1.52. The van der Waals surface area contributed by atoms with Crippen molar-refractivity contribution in [3.63, 3.8) is 0 Å². The van der Waals surface area contributed by atoms with Crippen LogP contribution in [0.4, 0.5) is 0 Å². The standard InChI is InChI=1S/C32H20N2O/c1-4-16-26-19(9-1)21-12-7-14-24(30(21)33-26)29-23-11-3-6-18-28(23)35-32(29)25-15-8-13-22-20-10-2-5-17-27(20)34-31(22)25/h1-18,33-34H. The molecule has 35 heavy (non-hydrogen) atoms. The van der Waals surface area contributed by atoms with E-state index >= 15 is 0 Å². The lowest BCUT2D eigenvalue weighted by Crippen LogP contribution is -1.85. The van der Waals surface area contributed by atoms with Crippen molar-refractivity contribution in [3.8, 4) is 22.5 Å². The van der Waals surface area contributed by atoms with E-state index in [1.54, 1.807) is 0 Å². The van der Waals surface area contributed by atoms with Crippen molar-refractivity contribution in [2.45, 2.75) is 0 Å². The van der Waals surface area contributed by atoms with Crippen molar-refractivity contribution >= 4 is 54.6 Å². The number of nitrogens with one attached hydrogen (secondary N) is 2. The third-order valence-electron chi connectivity index (χ3n) is 7.19. The van der Waals surface area contributed by atoms with Gasteiger partial charge in [0.25, 0.3) is 0 Å². The first kappa shape index (κ1) is 18.6. The van der Waals surface area contributed by atoms with Gasteiger partial charge >= 0.3 is 0 Å². The molecular weight excluding hydrogens is 428 g/mol. The number of furan rings is 1. The van der Waals surface area contributed by atoms with Crippen molar-refractivity contribution in [3.05, 3.63) is 109 Å². The summed E-state index contributed by atoms with van der Waals surface area (Å²) in [4.78, 5) is 7.35. The molecule has 164 valence electrons. The van der Waals surface area contributed by atoms with Crippen LogP contribution >= 0.6 is 0 Å². The number of aromatic amines is 2. The predicted molar refractivity (Wildman–Crippen MR) is 146 cm³/mol. The Morgan fingerprint density at radius 2 is 0.943 bits per heavy atom. The Hall–Kier alpha value is -4.76. The van der Waals surface area contributed by atoms with E-state index in [9.17, 15) is 0 Å². The first-order valence-electron chi connectivity index (χ1n) is 11.9. The van der Waals surface area contributed by atoms with Crippen molar-refractivity contribution in [1.29, 1.82) is 0 Å². The van der Waals surface area contributed by atoms with Crippen LogP contribution in [0.3, 0.4) is 0 Å². The summed E-state index contributed by atoms with van der Waals surface area (Å²) in [6.45, 7) is 0. The van der Waals surface area contributed by atoms with E-state index in [2.05, 4.69) is 113 Å². The second kappa shape index (κ2) is 6.87. The van der Waals surface area contributed by atoms with E-state index in [1.165, 1.54) is 21.5 Å². The number of hydrogen-bond donors (Lipinski definition) is 2. The van der Waals surface area contributed by atoms with Crippen LogP contribution in [0.25, 0.3) is 77.0 Å². The molecule has 0 aliphatic carbocycles. The Morgan fingerprint density at radius 3 is 1.63 bits per heavy atom. The van der Waals surface area contributed by atoms with Crippen LogP contribution in [0.2, 0.25) is 0 Å². The molecule has 5 aromatic carbocycles. The molecule has 3 nitrogen and oxygen atoms in total. The minimum Gasteiger partial charge on any atom is -0.455 e. The molecule has 0 radical (unpaired) electrons. The van der Waals surface area contributed by atoms with Gasteiger partial charge in [-0.3, -0.25) is 0 Å². The number of benzene rings is 5. The van der Waals surface area contributed by atoms with Crippen LogP contribution in [-0.4, -0.2) is 9.97 Å². The third kappa shape index (κ3) is 2.55.